The minimum absolute atomic E-state index is 0. The van der Waals surface area contributed by atoms with Gasteiger partial charge in [0.05, 0.1) is 12.4 Å². The van der Waals surface area contributed by atoms with E-state index < -0.39 is 0 Å². The van der Waals surface area contributed by atoms with Gasteiger partial charge in [0, 0.05) is 44.8 Å². The Morgan fingerprint density at radius 3 is 1.86 bits per heavy atom. The fraction of sp³-hybridized carbons (Fsp3) is 0.333. The van der Waals surface area contributed by atoms with Crippen molar-refractivity contribution in [3.05, 3.63) is 12.4 Å². The third-order valence-corrected chi connectivity index (χ3v) is 0.534. The van der Waals surface area contributed by atoms with Gasteiger partial charge < -0.3 is 0 Å². The van der Waals surface area contributed by atoms with E-state index in [1.807, 2.05) is 0 Å². The maximum absolute atomic E-state index is 3.72. The molecule has 7 heavy (non-hydrogen) atoms. The fourth-order valence-electron chi connectivity index (χ4n) is 0.282. The summed E-state index contributed by atoms with van der Waals surface area (Å²) in [4.78, 5) is 1.50. The molecule has 0 spiro atoms. The van der Waals surface area contributed by atoms with E-state index in [4.69, 9.17) is 0 Å². The Morgan fingerprint density at radius 1 is 1.29 bits per heavy atom. The number of nitrogens with zero attached hydrogens (tertiary/aromatic N) is 3. The molecular formula is C3H5ArN3. The molecule has 4 heteroatoms. The van der Waals surface area contributed by atoms with Crippen molar-refractivity contribution < 1.29 is 37.7 Å². The molecule has 1 aromatic heterocycles. The number of hydrogen-bond donors (Lipinski definition) is 0. The Labute approximate surface area is 71.7 Å². The van der Waals surface area contributed by atoms with Crippen molar-refractivity contribution in [1.82, 2.24) is 15.0 Å². The third kappa shape index (κ3) is 2.26. The van der Waals surface area contributed by atoms with E-state index in [0.29, 0.717) is 0 Å². The molecule has 3 nitrogen and oxygen atoms in total. The fourth-order valence-corrected chi connectivity index (χ4v) is 0.282. The molecule has 1 heterocycles. The molecule has 0 N–H and O–H groups in total. The van der Waals surface area contributed by atoms with Crippen molar-refractivity contribution in [3.63, 3.8) is 0 Å². The summed E-state index contributed by atoms with van der Waals surface area (Å²) in [7, 11) is 1.78. The quantitative estimate of drug-likeness (QED) is 0.479. The van der Waals surface area contributed by atoms with Crippen LogP contribution in [0, 0.1) is 37.7 Å². The molecule has 0 aliphatic heterocycles. The molecular weight excluding hydrogens is 118 g/mol. The number of rotatable bonds is 0. The minimum Gasteiger partial charge on any atom is -0.188 e. The molecule has 0 bridgehead atoms. The summed E-state index contributed by atoms with van der Waals surface area (Å²) in [6.07, 6.45) is 3.28. The zero-order valence-corrected chi connectivity index (χ0v) is 4.56. The van der Waals surface area contributed by atoms with Gasteiger partial charge >= 0.3 is 0 Å². The van der Waals surface area contributed by atoms with E-state index in [0.717, 1.165) is 0 Å². The van der Waals surface area contributed by atoms with E-state index in [-0.39, 0.29) is 37.7 Å². The van der Waals surface area contributed by atoms with Gasteiger partial charge in [-0.25, -0.2) is 0 Å². The summed E-state index contributed by atoms with van der Waals surface area (Å²) >= 11 is 0. The Hall–Kier alpha value is 0.400. The second kappa shape index (κ2) is 3.41. The Morgan fingerprint density at radius 2 is 1.71 bits per heavy atom. The van der Waals surface area contributed by atoms with E-state index in [9.17, 15) is 0 Å². The van der Waals surface area contributed by atoms with Gasteiger partial charge in [0.1, 0.15) is 0 Å². The van der Waals surface area contributed by atoms with Gasteiger partial charge in [0.15, 0.2) is 0 Å². The molecule has 0 radical (unpaired) electrons. The summed E-state index contributed by atoms with van der Waals surface area (Å²) in [6, 6.07) is 0. The largest absolute Gasteiger partial charge is 0.188 e. The van der Waals surface area contributed by atoms with Crippen LogP contribution < -0.4 is 0 Å². The van der Waals surface area contributed by atoms with Crippen molar-refractivity contribution in [3.8, 4) is 0 Å². The molecule has 1 aromatic rings. The van der Waals surface area contributed by atoms with Crippen LogP contribution in [0.5, 0.6) is 0 Å². The normalized spacial score (nSPS) is 7.57. The van der Waals surface area contributed by atoms with Gasteiger partial charge in [0.25, 0.3) is 0 Å². The molecule has 0 aromatic carbocycles. The average molecular weight is 123 g/mol. The second-order valence-electron chi connectivity index (χ2n) is 1.02. The zero-order chi connectivity index (χ0) is 4.41. The second-order valence-corrected chi connectivity index (χ2v) is 1.02. The first-order chi connectivity index (χ1) is 2.89. The summed E-state index contributed by atoms with van der Waals surface area (Å²) in [6.45, 7) is 0. The van der Waals surface area contributed by atoms with Crippen molar-refractivity contribution in [2.45, 2.75) is 0 Å². The molecule has 0 unspecified atom stereocenters. The van der Waals surface area contributed by atoms with Crippen LogP contribution >= 0.6 is 0 Å². The summed E-state index contributed by atoms with van der Waals surface area (Å²) < 4.78 is 0. The van der Waals surface area contributed by atoms with Gasteiger partial charge in [-0.15, -0.1) is 0 Å². The van der Waals surface area contributed by atoms with E-state index in [2.05, 4.69) is 10.2 Å². The van der Waals surface area contributed by atoms with Crippen molar-refractivity contribution in [1.29, 1.82) is 0 Å². The van der Waals surface area contributed by atoms with E-state index >= 15 is 0 Å². The molecule has 1 rings (SSSR count). The van der Waals surface area contributed by atoms with Crippen molar-refractivity contribution in [2.75, 3.05) is 0 Å². The van der Waals surface area contributed by atoms with Crippen molar-refractivity contribution >= 4 is 0 Å². The maximum Gasteiger partial charge on any atom is 0.0692 e. The Balaban J connectivity index is 0.000000360. The maximum atomic E-state index is 3.72. The molecule has 0 amide bonds. The van der Waals surface area contributed by atoms with Gasteiger partial charge in [-0.05, 0) is 0 Å². The molecule has 0 saturated heterocycles. The Kier molecular flexibility index (Phi) is 3.60. The van der Waals surface area contributed by atoms with Crippen LogP contribution in [0.15, 0.2) is 12.4 Å². The molecule has 0 aliphatic carbocycles. The Bertz CT molecular complexity index is 114. The number of aromatic nitrogens is 3. The van der Waals surface area contributed by atoms with Crippen LogP contribution in [0.1, 0.15) is 0 Å². The van der Waals surface area contributed by atoms with Crippen molar-refractivity contribution in [2.24, 2.45) is 7.05 Å². The van der Waals surface area contributed by atoms with Crippen LogP contribution in [0.25, 0.3) is 0 Å². The van der Waals surface area contributed by atoms with E-state index in [1.54, 1.807) is 19.4 Å². The van der Waals surface area contributed by atoms with Crippen LogP contribution in [0.3, 0.4) is 0 Å². The molecule has 0 atom stereocenters. The number of hydrogen-bond acceptors (Lipinski definition) is 2. The third-order valence-electron chi connectivity index (χ3n) is 0.534. The SMILES string of the molecule is Cn1nccn1.[Ar]. The van der Waals surface area contributed by atoms with Gasteiger partial charge in [-0.3, -0.25) is 0 Å². The zero-order valence-electron chi connectivity index (χ0n) is 3.85. The first kappa shape index (κ1) is 7.40. The molecule has 0 aliphatic rings. The topological polar surface area (TPSA) is 30.7 Å². The van der Waals surface area contributed by atoms with Gasteiger partial charge in [-0.2, -0.15) is 15.0 Å². The van der Waals surface area contributed by atoms with Crippen LogP contribution in [-0.2, 0) is 7.05 Å². The van der Waals surface area contributed by atoms with Gasteiger partial charge in [0.2, 0.25) is 0 Å². The predicted octanol–water partition coefficient (Wildman–Crippen LogP) is -0.185. The number of aryl methyl sites for hydroxylation is 1. The van der Waals surface area contributed by atoms with Crippen LogP contribution in [0.4, 0.5) is 0 Å². The van der Waals surface area contributed by atoms with Crippen LogP contribution in [-0.4, -0.2) is 15.0 Å². The standard InChI is InChI=1S/C3H5N3.Ar/c1-6-4-2-3-5-6;/h2-3H,1H3;. The van der Waals surface area contributed by atoms with E-state index in [1.165, 1.54) is 4.80 Å². The monoisotopic (exact) mass is 123 g/mol. The summed E-state index contributed by atoms with van der Waals surface area (Å²) in [5.41, 5.74) is 0. The summed E-state index contributed by atoms with van der Waals surface area (Å²) in [5.74, 6) is 0. The smallest absolute Gasteiger partial charge is 0.0692 e. The molecule has 0 fully saturated rings. The molecule has 40 valence electrons. The van der Waals surface area contributed by atoms with Crippen LogP contribution in [0.2, 0.25) is 0 Å². The first-order valence-electron chi connectivity index (χ1n) is 1.70. The van der Waals surface area contributed by atoms with Gasteiger partial charge in [-0.1, -0.05) is 0 Å². The minimum atomic E-state index is 0. The average Bonchev–Trinajstić information content (AvgIpc) is 1.86. The first-order valence-corrected chi connectivity index (χ1v) is 1.70. The summed E-state index contributed by atoms with van der Waals surface area (Å²) in [5, 5.41) is 7.44. The predicted molar refractivity (Wildman–Crippen MR) is 21.0 cm³/mol. The molecule has 0 saturated carbocycles.